The molecule has 2 rings (SSSR count). The molecule has 1 heterocycles. The van der Waals surface area contributed by atoms with Crippen molar-refractivity contribution in [2.24, 2.45) is 0 Å². The maximum Gasteiger partial charge on any atom is 0.230 e. The van der Waals surface area contributed by atoms with Crippen LogP contribution in [-0.2, 0) is 11.3 Å². The average molecular weight is 409 g/mol. The Labute approximate surface area is 155 Å². The van der Waals surface area contributed by atoms with Crippen LogP contribution >= 0.6 is 27.7 Å². The molecule has 1 amide bonds. The average Bonchev–Trinajstić information content (AvgIpc) is 2.88. The molecule has 0 aliphatic carbocycles. The molecule has 5 nitrogen and oxygen atoms in total. The summed E-state index contributed by atoms with van der Waals surface area (Å²) in [6.07, 6.45) is 1.80. The lowest BCUT2D eigenvalue weighted by Gasteiger charge is -2.20. The summed E-state index contributed by atoms with van der Waals surface area (Å²) in [6, 6.07) is 7.89. The summed E-state index contributed by atoms with van der Waals surface area (Å²) in [5.74, 6) is 1.04. The molecule has 0 aliphatic heterocycles. The van der Waals surface area contributed by atoms with E-state index in [1.165, 1.54) is 11.8 Å². The van der Waals surface area contributed by atoms with Crippen LogP contribution in [0.3, 0.4) is 0 Å². The van der Waals surface area contributed by atoms with Crippen molar-refractivity contribution in [3.63, 3.8) is 0 Å². The Bertz CT molecular complexity index is 719. The number of thioether (sulfide) groups is 1. The molecule has 2 aromatic rings. The topological polar surface area (TPSA) is 59.8 Å². The predicted molar refractivity (Wildman–Crippen MR) is 102 cm³/mol. The molecule has 7 heteroatoms. The Morgan fingerprint density at radius 3 is 2.58 bits per heavy atom. The zero-order chi connectivity index (χ0) is 17.7. The van der Waals surface area contributed by atoms with Gasteiger partial charge in [-0.05, 0) is 32.9 Å². The number of allylic oxidation sites excluding steroid dienone is 1. The van der Waals surface area contributed by atoms with E-state index in [1.807, 2.05) is 49.6 Å². The van der Waals surface area contributed by atoms with Crippen molar-refractivity contribution in [2.45, 2.75) is 38.0 Å². The van der Waals surface area contributed by atoms with Gasteiger partial charge in [-0.15, -0.1) is 16.8 Å². The molecule has 1 N–H and O–H groups in total. The molecule has 24 heavy (non-hydrogen) atoms. The van der Waals surface area contributed by atoms with E-state index in [2.05, 4.69) is 38.0 Å². The fourth-order valence-corrected chi connectivity index (χ4v) is 3.10. The molecule has 0 aliphatic rings. The number of hydrogen-bond donors (Lipinski definition) is 1. The fraction of sp³-hybridized carbons (Fsp3) is 0.353. The van der Waals surface area contributed by atoms with Gasteiger partial charge >= 0.3 is 0 Å². The van der Waals surface area contributed by atoms with E-state index >= 15 is 0 Å². The van der Waals surface area contributed by atoms with Crippen molar-refractivity contribution >= 4 is 33.6 Å². The molecule has 0 radical (unpaired) electrons. The van der Waals surface area contributed by atoms with E-state index in [0.29, 0.717) is 17.5 Å². The molecule has 0 saturated heterocycles. The van der Waals surface area contributed by atoms with Gasteiger partial charge in [0.25, 0.3) is 0 Å². The first-order chi connectivity index (χ1) is 11.3. The number of halogens is 1. The molecular weight excluding hydrogens is 388 g/mol. The number of benzene rings is 1. The Hall–Kier alpha value is -1.60. The molecule has 0 unspecified atom stereocenters. The lowest BCUT2D eigenvalue weighted by Crippen LogP contribution is -2.41. The van der Waals surface area contributed by atoms with Crippen molar-refractivity contribution in [1.82, 2.24) is 20.1 Å². The number of hydrogen-bond acceptors (Lipinski definition) is 4. The number of rotatable bonds is 6. The smallest absolute Gasteiger partial charge is 0.230 e. The standard InChI is InChI=1S/C17H21BrN4OS/c1-5-10-22-15(12-6-8-13(18)9-7-12)20-21-16(22)24-11-14(23)19-17(2,3)4/h5-9H,1,10-11H2,2-4H3,(H,19,23). The van der Waals surface area contributed by atoms with Crippen LogP contribution in [0.1, 0.15) is 20.8 Å². The minimum atomic E-state index is -0.241. The highest BCUT2D eigenvalue weighted by Gasteiger charge is 2.17. The van der Waals surface area contributed by atoms with Gasteiger partial charge in [-0.25, -0.2) is 0 Å². The molecule has 128 valence electrons. The molecule has 0 saturated carbocycles. The van der Waals surface area contributed by atoms with Crippen LogP contribution in [0.25, 0.3) is 11.4 Å². The molecule has 1 aromatic heterocycles. The second-order valence-corrected chi connectivity index (χ2v) is 8.16. The highest BCUT2D eigenvalue weighted by atomic mass is 79.9. The number of carbonyl (C=O) groups is 1. The van der Waals surface area contributed by atoms with Crippen molar-refractivity contribution in [2.75, 3.05) is 5.75 Å². The summed E-state index contributed by atoms with van der Waals surface area (Å²) < 4.78 is 2.97. The van der Waals surface area contributed by atoms with E-state index < -0.39 is 0 Å². The van der Waals surface area contributed by atoms with Gasteiger partial charge < -0.3 is 5.32 Å². The largest absolute Gasteiger partial charge is 0.351 e. The van der Waals surface area contributed by atoms with E-state index in [0.717, 1.165) is 15.9 Å². The van der Waals surface area contributed by atoms with Gasteiger partial charge in [0.2, 0.25) is 5.91 Å². The second kappa shape index (κ2) is 7.98. The van der Waals surface area contributed by atoms with Crippen molar-refractivity contribution in [1.29, 1.82) is 0 Å². The first-order valence-corrected chi connectivity index (χ1v) is 9.32. The lowest BCUT2D eigenvalue weighted by atomic mass is 10.1. The Morgan fingerprint density at radius 2 is 2.00 bits per heavy atom. The number of nitrogens with one attached hydrogen (secondary N) is 1. The molecule has 0 spiro atoms. The van der Waals surface area contributed by atoms with Gasteiger partial charge in [-0.3, -0.25) is 9.36 Å². The quantitative estimate of drug-likeness (QED) is 0.581. The van der Waals surface area contributed by atoms with Crippen molar-refractivity contribution < 1.29 is 4.79 Å². The SMILES string of the molecule is C=CCn1c(SCC(=O)NC(C)(C)C)nnc1-c1ccc(Br)cc1. The first-order valence-electron chi connectivity index (χ1n) is 7.54. The molecule has 0 fully saturated rings. The molecule has 1 aromatic carbocycles. The minimum Gasteiger partial charge on any atom is -0.351 e. The van der Waals surface area contributed by atoms with Crippen molar-refractivity contribution in [3.05, 3.63) is 41.4 Å². The van der Waals surface area contributed by atoms with Gasteiger partial charge in [0.05, 0.1) is 5.75 Å². The Kier molecular flexibility index (Phi) is 6.23. The third-order valence-corrected chi connectivity index (χ3v) is 4.47. The van der Waals surface area contributed by atoms with Gasteiger partial charge in [0.15, 0.2) is 11.0 Å². The summed E-state index contributed by atoms with van der Waals surface area (Å²) >= 11 is 4.80. The monoisotopic (exact) mass is 408 g/mol. The van der Waals surface area contributed by atoms with E-state index in [1.54, 1.807) is 6.08 Å². The van der Waals surface area contributed by atoms with Crippen molar-refractivity contribution in [3.8, 4) is 11.4 Å². The highest BCUT2D eigenvalue weighted by molar-refractivity contribution is 9.10. The summed E-state index contributed by atoms with van der Waals surface area (Å²) in [5.41, 5.74) is 0.730. The number of nitrogens with zero attached hydrogens (tertiary/aromatic N) is 3. The summed E-state index contributed by atoms with van der Waals surface area (Å²) in [4.78, 5) is 12.0. The van der Waals surface area contributed by atoms with Crippen LogP contribution in [0.5, 0.6) is 0 Å². The fourth-order valence-electron chi connectivity index (χ4n) is 2.09. The van der Waals surface area contributed by atoms with Crippen LogP contribution in [0.15, 0.2) is 46.5 Å². The Balaban J connectivity index is 2.17. The van der Waals surface area contributed by atoms with E-state index in [4.69, 9.17) is 0 Å². The minimum absolute atomic E-state index is 0.0224. The predicted octanol–water partition coefficient (Wildman–Crippen LogP) is 3.90. The second-order valence-electron chi connectivity index (χ2n) is 6.30. The van der Waals surface area contributed by atoms with Gasteiger partial charge in [-0.2, -0.15) is 0 Å². The number of aromatic nitrogens is 3. The number of carbonyl (C=O) groups excluding carboxylic acids is 1. The van der Waals surface area contributed by atoms with Crippen LogP contribution < -0.4 is 5.32 Å². The van der Waals surface area contributed by atoms with Crippen LogP contribution in [0, 0.1) is 0 Å². The highest BCUT2D eigenvalue weighted by Crippen LogP contribution is 2.25. The maximum absolute atomic E-state index is 12.0. The summed E-state index contributed by atoms with van der Waals surface area (Å²) in [7, 11) is 0. The van der Waals surface area contributed by atoms with Crippen LogP contribution in [-0.4, -0.2) is 32.0 Å². The van der Waals surface area contributed by atoms with Crippen LogP contribution in [0.2, 0.25) is 0 Å². The first kappa shape index (κ1) is 18.7. The van der Waals surface area contributed by atoms with Crippen LogP contribution in [0.4, 0.5) is 0 Å². The maximum atomic E-state index is 12.0. The van der Waals surface area contributed by atoms with Gasteiger partial charge in [-0.1, -0.05) is 45.9 Å². The molecular formula is C17H21BrN4OS. The van der Waals surface area contributed by atoms with Gasteiger partial charge in [0.1, 0.15) is 0 Å². The summed E-state index contributed by atoms with van der Waals surface area (Å²) in [6.45, 7) is 10.3. The Morgan fingerprint density at radius 1 is 1.33 bits per heavy atom. The summed E-state index contributed by atoms with van der Waals surface area (Å²) in [5, 5.41) is 12.2. The zero-order valence-corrected chi connectivity index (χ0v) is 16.4. The normalized spacial score (nSPS) is 11.3. The van der Waals surface area contributed by atoms with E-state index in [-0.39, 0.29) is 11.4 Å². The lowest BCUT2D eigenvalue weighted by molar-refractivity contribution is -0.119. The zero-order valence-electron chi connectivity index (χ0n) is 14.0. The molecule has 0 bridgehead atoms. The number of amides is 1. The third-order valence-electron chi connectivity index (χ3n) is 2.98. The molecule has 0 atom stereocenters. The van der Waals surface area contributed by atoms with E-state index in [9.17, 15) is 4.79 Å². The van der Waals surface area contributed by atoms with Gasteiger partial charge in [0, 0.05) is 22.1 Å². The third kappa shape index (κ3) is 5.21.